The van der Waals surface area contributed by atoms with E-state index in [1.165, 1.54) is 45.1 Å². The first-order chi connectivity index (χ1) is 7.81. The zero-order valence-electron chi connectivity index (χ0n) is 10.2. The summed E-state index contributed by atoms with van der Waals surface area (Å²) in [6, 6.07) is 0.697. The molecule has 0 radical (unpaired) electrons. The number of fused-ring (bicyclic) bond motifs is 2. The van der Waals surface area contributed by atoms with E-state index >= 15 is 0 Å². The van der Waals surface area contributed by atoms with E-state index in [-0.39, 0.29) is 6.10 Å². The van der Waals surface area contributed by atoms with Crippen LogP contribution in [0.1, 0.15) is 51.4 Å². The fourth-order valence-corrected chi connectivity index (χ4v) is 4.22. The second-order valence-corrected chi connectivity index (χ2v) is 6.35. The van der Waals surface area contributed by atoms with Gasteiger partial charge >= 0.3 is 0 Å². The van der Waals surface area contributed by atoms with Crippen molar-refractivity contribution in [3.05, 3.63) is 0 Å². The van der Waals surface area contributed by atoms with Gasteiger partial charge in [0.1, 0.15) is 0 Å². The van der Waals surface area contributed by atoms with E-state index in [1.54, 1.807) is 0 Å². The molecule has 3 unspecified atom stereocenters. The number of aliphatic hydroxyl groups is 1. The van der Waals surface area contributed by atoms with Crippen molar-refractivity contribution < 1.29 is 5.11 Å². The average molecular weight is 223 g/mol. The normalized spacial score (nSPS) is 47.4. The zero-order valence-corrected chi connectivity index (χ0v) is 10.2. The lowest BCUT2D eigenvalue weighted by Gasteiger charge is -2.29. The Morgan fingerprint density at radius 2 is 1.75 bits per heavy atom. The topological polar surface area (TPSA) is 32.3 Å². The van der Waals surface area contributed by atoms with Crippen LogP contribution in [0.2, 0.25) is 0 Å². The number of aliphatic hydroxyl groups excluding tert-OH is 1. The number of hydrogen-bond acceptors (Lipinski definition) is 2. The van der Waals surface area contributed by atoms with Crippen molar-refractivity contribution in [1.82, 2.24) is 5.32 Å². The molecular weight excluding hydrogens is 198 g/mol. The van der Waals surface area contributed by atoms with Gasteiger partial charge in [0, 0.05) is 6.04 Å². The molecule has 0 aliphatic heterocycles. The first-order valence-corrected chi connectivity index (χ1v) is 7.22. The van der Waals surface area contributed by atoms with Gasteiger partial charge < -0.3 is 10.4 Å². The van der Waals surface area contributed by atoms with E-state index in [0.29, 0.717) is 6.04 Å². The summed E-state index contributed by atoms with van der Waals surface area (Å²) in [5, 5.41) is 13.2. The van der Waals surface area contributed by atoms with E-state index in [2.05, 4.69) is 5.32 Å². The van der Waals surface area contributed by atoms with Crippen molar-refractivity contribution in [3.63, 3.8) is 0 Å². The third-order valence-electron chi connectivity index (χ3n) is 5.25. The lowest BCUT2D eigenvalue weighted by Crippen LogP contribution is -2.38. The van der Waals surface area contributed by atoms with Gasteiger partial charge in [-0.1, -0.05) is 6.42 Å². The molecule has 0 heterocycles. The maximum atomic E-state index is 9.46. The molecule has 3 aliphatic rings. The monoisotopic (exact) mass is 223 g/mol. The molecule has 2 heteroatoms. The van der Waals surface area contributed by atoms with Crippen molar-refractivity contribution in [1.29, 1.82) is 0 Å². The van der Waals surface area contributed by atoms with Crippen molar-refractivity contribution >= 4 is 0 Å². The van der Waals surface area contributed by atoms with Crippen LogP contribution in [-0.4, -0.2) is 23.8 Å². The average Bonchev–Trinajstić information content (AvgIpc) is 2.90. The van der Waals surface area contributed by atoms with Gasteiger partial charge in [-0.3, -0.25) is 0 Å². The standard InChI is InChI=1S/C14H25NO/c16-14-5-3-13(4-6-14)15-9-12-8-10-1-2-11(12)7-10/h10-16H,1-9H2. The molecule has 0 aromatic carbocycles. The van der Waals surface area contributed by atoms with Crippen molar-refractivity contribution in [2.45, 2.75) is 63.5 Å². The van der Waals surface area contributed by atoms with Crippen LogP contribution < -0.4 is 5.32 Å². The quantitative estimate of drug-likeness (QED) is 0.769. The van der Waals surface area contributed by atoms with Gasteiger partial charge in [-0.25, -0.2) is 0 Å². The molecular formula is C14H25NO. The highest BCUT2D eigenvalue weighted by Crippen LogP contribution is 2.48. The maximum Gasteiger partial charge on any atom is 0.0541 e. The highest BCUT2D eigenvalue weighted by molar-refractivity contribution is 4.91. The Balaban J connectivity index is 1.40. The molecule has 92 valence electrons. The molecule has 0 aromatic rings. The summed E-state index contributed by atoms with van der Waals surface area (Å²) in [5.74, 6) is 3.10. The molecule has 16 heavy (non-hydrogen) atoms. The Kier molecular flexibility index (Phi) is 3.21. The smallest absolute Gasteiger partial charge is 0.0541 e. The fourth-order valence-electron chi connectivity index (χ4n) is 4.22. The Labute approximate surface area is 98.8 Å². The summed E-state index contributed by atoms with van der Waals surface area (Å²) in [4.78, 5) is 0. The molecule has 0 amide bonds. The maximum absolute atomic E-state index is 9.46. The van der Waals surface area contributed by atoms with Crippen LogP contribution in [0.4, 0.5) is 0 Å². The van der Waals surface area contributed by atoms with Gasteiger partial charge in [0.2, 0.25) is 0 Å². The molecule has 0 aromatic heterocycles. The van der Waals surface area contributed by atoms with Gasteiger partial charge in [0.25, 0.3) is 0 Å². The van der Waals surface area contributed by atoms with E-state index in [9.17, 15) is 5.11 Å². The largest absolute Gasteiger partial charge is 0.393 e. The Morgan fingerprint density at radius 3 is 2.38 bits per heavy atom. The van der Waals surface area contributed by atoms with Crippen molar-refractivity contribution in [2.75, 3.05) is 6.54 Å². The van der Waals surface area contributed by atoms with Crippen LogP contribution in [0.5, 0.6) is 0 Å². The number of rotatable bonds is 3. The van der Waals surface area contributed by atoms with Gasteiger partial charge in [0.05, 0.1) is 6.10 Å². The molecule has 3 aliphatic carbocycles. The molecule has 3 rings (SSSR count). The molecule has 3 fully saturated rings. The van der Waals surface area contributed by atoms with E-state index in [1.807, 2.05) is 0 Å². The summed E-state index contributed by atoms with van der Waals surface area (Å²) in [6.07, 6.45) is 10.4. The third-order valence-corrected chi connectivity index (χ3v) is 5.25. The second-order valence-electron chi connectivity index (χ2n) is 6.35. The van der Waals surface area contributed by atoms with Crippen molar-refractivity contribution in [3.8, 4) is 0 Å². The fraction of sp³-hybridized carbons (Fsp3) is 1.00. The lowest BCUT2D eigenvalue weighted by molar-refractivity contribution is 0.115. The number of hydrogen-bond donors (Lipinski definition) is 2. The summed E-state index contributed by atoms with van der Waals surface area (Å²) < 4.78 is 0. The molecule has 0 spiro atoms. The molecule has 2 nitrogen and oxygen atoms in total. The van der Waals surface area contributed by atoms with Crippen LogP contribution in [0.15, 0.2) is 0 Å². The molecule has 2 bridgehead atoms. The predicted octanol–water partition coefficient (Wildman–Crippen LogP) is 2.32. The highest BCUT2D eigenvalue weighted by Gasteiger charge is 2.39. The van der Waals surface area contributed by atoms with Gasteiger partial charge in [0.15, 0.2) is 0 Å². The van der Waals surface area contributed by atoms with E-state index in [4.69, 9.17) is 0 Å². The number of nitrogens with one attached hydrogen (secondary N) is 1. The first kappa shape index (κ1) is 11.0. The minimum Gasteiger partial charge on any atom is -0.393 e. The predicted molar refractivity (Wildman–Crippen MR) is 65.2 cm³/mol. The molecule has 3 saturated carbocycles. The van der Waals surface area contributed by atoms with Gasteiger partial charge in [-0.2, -0.15) is 0 Å². The van der Waals surface area contributed by atoms with Gasteiger partial charge in [-0.15, -0.1) is 0 Å². The van der Waals surface area contributed by atoms with Crippen LogP contribution in [0, 0.1) is 17.8 Å². The second kappa shape index (κ2) is 4.66. The van der Waals surface area contributed by atoms with Crippen LogP contribution >= 0.6 is 0 Å². The Bertz CT molecular complexity index is 235. The minimum atomic E-state index is -0.0134. The zero-order chi connectivity index (χ0) is 11.0. The lowest BCUT2D eigenvalue weighted by atomic mass is 9.87. The highest BCUT2D eigenvalue weighted by atomic mass is 16.3. The summed E-state index contributed by atoms with van der Waals surface area (Å²) >= 11 is 0. The minimum absolute atomic E-state index is 0.0134. The molecule has 0 saturated heterocycles. The summed E-state index contributed by atoms with van der Waals surface area (Å²) in [7, 11) is 0. The van der Waals surface area contributed by atoms with Crippen LogP contribution in [0.25, 0.3) is 0 Å². The van der Waals surface area contributed by atoms with E-state index < -0.39 is 0 Å². The van der Waals surface area contributed by atoms with Crippen molar-refractivity contribution in [2.24, 2.45) is 17.8 Å². The Morgan fingerprint density at radius 1 is 0.938 bits per heavy atom. The summed E-state index contributed by atoms with van der Waals surface area (Å²) in [6.45, 7) is 1.25. The van der Waals surface area contributed by atoms with Crippen LogP contribution in [-0.2, 0) is 0 Å². The van der Waals surface area contributed by atoms with Crippen LogP contribution in [0.3, 0.4) is 0 Å². The SMILES string of the molecule is OC1CCC(NCC2CC3CCC2C3)CC1. The molecule has 3 atom stereocenters. The Hall–Kier alpha value is -0.0800. The van der Waals surface area contributed by atoms with Gasteiger partial charge in [-0.05, 0) is 69.2 Å². The molecule has 2 N–H and O–H groups in total. The summed E-state index contributed by atoms with van der Waals surface area (Å²) in [5.41, 5.74) is 0. The first-order valence-electron chi connectivity index (χ1n) is 7.22. The van der Waals surface area contributed by atoms with E-state index in [0.717, 1.165) is 30.6 Å². The third kappa shape index (κ3) is 2.28.